The molecule has 0 amide bonds. The minimum Gasteiger partial charge on any atom is -0.423 e. The summed E-state index contributed by atoms with van der Waals surface area (Å²) in [6, 6.07) is 9.05. The third kappa shape index (κ3) is 3.59. The first-order valence-corrected chi connectivity index (χ1v) is 4.23. The Kier molecular flexibility index (Phi) is 3.95. The average molecular weight is 180 g/mol. The van der Waals surface area contributed by atoms with Gasteiger partial charge in [0.2, 0.25) is 0 Å². The van der Waals surface area contributed by atoms with Crippen LogP contribution < -0.4 is 5.46 Å². The Morgan fingerprint density at radius 3 is 2.54 bits per heavy atom. The van der Waals surface area contributed by atoms with Crippen LogP contribution in [0.25, 0.3) is 0 Å². The first-order chi connectivity index (χ1) is 6.20. The van der Waals surface area contributed by atoms with Gasteiger partial charge in [-0.1, -0.05) is 30.3 Å². The van der Waals surface area contributed by atoms with Crippen LogP contribution >= 0.6 is 0 Å². The van der Waals surface area contributed by atoms with Crippen LogP contribution in [0.1, 0.15) is 6.92 Å². The van der Waals surface area contributed by atoms with Gasteiger partial charge in [-0.3, -0.25) is 0 Å². The van der Waals surface area contributed by atoms with E-state index in [1.54, 1.807) is 19.1 Å². The second-order valence-electron chi connectivity index (χ2n) is 2.95. The topological polar surface area (TPSA) is 49.7 Å². The Bertz CT molecular complexity index is 238. The van der Waals surface area contributed by atoms with Crippen LogP contribution in [-0.4, -0.2) is 30.0 Å². The predicted octanol–water partition coefficient (Wildman–Crippen LogP) is -0.229. The molecule has 0 aliphatic rings. The van der Waals surface area contributed by atoms with Crippen molar-refractivity contribution in [2.45, 2.75) is 13.0 Å². The summed E-state index contributed by atoms with van der Waals surface area (Å²) in [5.74, 6) is 0. The fourth-order valence-electron chi connectivity index (χ4n) is 0.944. The van der Waals surface area contributed by atoms with Gasteiger partial charge in [0.25, 0.3) is 0 Å². The van der Waals surface area contributed by atoms with Gasteiger partial charge >= 0.3 is 7.12 Å². The van der Waals surface area contributed by atoms with E-state index in [4.69, 9.17) is 9.76 Å². The van der Waals surface area contributed by atoms with Crippen molar-refractivity contribution in [3.05, 3.63) is 30.3 Å². The van der Waals surface area contributed by atoms with Crippen LogP contribution in [0.2, 0.25) is 0 Å². The highest BCUT2D eigenvalue weighted by atomic mass is 16.5. The minimum atomic E-state index is -0.948. The molecule has 0 aromatic heterocycles. The molecule has 70 valence electrons. The van der Waals surface area contributed by atoms with Crippen molar-refractivity contribution in [1.29, 1.82) is 0 Å². The van der Waals surface area contributed by atoms with Crippen molar-refractivity contribution in [2.75, 3.05) is 6.61 Å². The molecule has 0 aliphatic heterocycles. The van der Waals surface area contributed by atoms with E-state index >= 15 is 0 Å². The number of hydrogen-bond acceptors (Lipinski definition) is 3. The minimum absolute atomic E-state index is 0.135. The van der Waals surface area contributed by atoms with Crippen molar-refractivity contribution in [1.82, 2.24) is 0 Å². The van der Waals surface area contributed by atoms with Crippen molar-refractivity contribution in [2.24, 2.45) is 0 Å². The SMILES string of the molecule is CC(O)COB(O)c1ccccc1. The Labute approximate surface area is 78.1 Å². The molecule has 0 spiro atoms. The van der Waals surface area contributed by atoms with Gasteiger partial charge in [0.05, 0.1) is 12.7 Å². The normalized spacial score (nSPS) is 12.5. The van der Waals surface area contributed by atoms with Crippen LogP contribution in [0, 0.1) is 0 Å². The molecular formula is C9H13BO3. The van der Waals surface area contributed by atoms with Gasteiger partial charge < -0.3 is 14.8 Å². The van der Waals surface area contributed by atoms with E-state index in [2.05, 4.69) is 0 Å². The lowest BCUT2D eigenvalue weighted by atomic mass is 9.80. The summed E-state index contributed by atoms with van der Waals surface area (Å²) in [5.41, 5.74) is 0.697. The van der Waals surface area contributed by atoms with Crippen LogP contribution in [0.3, 0.4) is 0 Å². The van der Waals surface area contributed by atoms with E-state index in [1.165, 1.54) is 0 Å². The highest BCUT2D eigenvalue weighted by molar-refractivity contribution is 6.59. The molecule has 1 unspecified atom stereocenters. The zero-order valence-electron chi connectivity index (χ0n) is 7.55. The molecule has 1 aromatic carbocycles. The smallest absolute Gasteiger partial charge is 0.423 e. The Morgan fingerprint density at radius 1 is 1.38 bits per heavy atom. The summed E-state index contributed by atoms with van der Waals surface area (Å²) in [7, 11) is -0.948. The maximum absolute atomic E-state index is 9.44. The first kappa shape index (κ1) is 10.2. The molecule has 0 saturated heterocycles. The Morgan fingerprint density at radius 2 is 2.00 bits per heavy atom. The van der Waals surface area contributed by atoms with Crippen molar-refractivity contribution >= 4 is 12.6 Å². The largest absolute Gasteiger partial charge is 0.491 e. The second kappa shape index (κ2) is 5.02. The summed E-state index contributed by atoms with van der Waals surface area (Å²) in [4.78, 5) is 0. The zero-order valence-corrected chi connectivity index (χ0v) is 7.55. The molecule has 2 N–H and O–H groups in total. The second-order valence-corrected chi connectivity index (χ2v) is 2.95. The summed E-state index contributed by atoms with van der Waals surface area (Å²) < 4.78 is 5.00. The van der Waals surface area contributed by atoms with Crippen molar-refractivity contribution < 1.29 is 14.8 Å². The van der Waals surface area contributed by atoms with Gasteiger partial charge in [-0.05, 0) is 12.4 Å². The van der Waals surface area contributed by atoms with Crippen LogP contribution in [0.4, 0.5) is 0 Å². The van der Waals surface area contributed by atoms with Gasteiger partial charge in [0.1, 0.15) is 0 Å². The molecule has 1 atom stereocenters. The number of aliphatic hydroxyl groups is 1. The molecule has 0 bridgehead atoms. The molecule has 4 heteroatoms. The summed E-state index contributed by atoms with van der Waals surface area (Å²) in [6.45, 7) is 1.74. The molecular weight excluding hydrogens is 167 g/mol. The van der Waals surface area contributed by atoms with Gasteiger partial charge in [-0.2, -0.15) is 0 Å². The third-order valence-corrected chi connectivity index (χ3v) is 1.58. The van der Waals surface area contributed by atoms with Gasteiger partial charge in [-0.25, -0.2) is 0 Å². The molecule has 1 rings (SSSR count). The number of aliphatic hydroxyl groups excluding tert-OH is 1. The fraction of sp³-hybridized carbons (Fsp3) is 0.333. The van der Waals surface area contributed by atoms with Crippen LogP contribution in [-0.2, 0) is 4.65 Å². The molecule has 13 heavy (non-hydrogen) atoms. The molecule has 0 heterocycles. The van der Waals surface area contributed by atoms with Crippen molar-refractivity contribution in [3.8, 4) is 0 Å². The maximum atomic E-state index is 9.44. The van der Waals surface area contributed by atoms with E-state index in [0.29, 0.717) is 5.46 Å². The molecule has 0 fully saturated rings. The molecule has 0 saturated carbocycles. The number of benzene rings is 1. The lowest BCUT2D eigenvalue weighted by molar-refractivity contribution is 0.112. The Hall–Kier alpha value is -0.835. The average Bonchev–Trinajstić information content (AvgIpc) is 2.15. The van der Waals surface area contributed by atoms with Gasteiger partial charge in [-0.15, -0.1) is 0 Å². The molecule has 1 aromatic rings. The third-order valence-electron chi connectivity index (χ3n) is 1.58. The highest BCUT2D eigenvalue weighted by Gasteiger charge is 2.15. The lowest BCUT2D eigenvalue weighted by Crippen LogP contribution is -2.35. The van der Waals surface area contributed by atoms with Gasteiger partial charge in [0.15, 0.2) is 0 Å². The summed E-state index contributed by atoms with van der Waals surface area (Å²) in [6.07, 6.45) is -0.557. The van der Waals surface area contributed by atoms with E-state index in [0.717, 1.165) is 0 Å². The summed E-state index contributed by atoms with van der Waals surface area (Å²) >= 11 is 0. The van der Waals surface area contributed by atoms with E-state index < -0.39 is 13.2 Å². The zero-order chi connectivity index (χ0) is 9.68. The van der Waals surface area contributed by atoms with Crippen LogP contribution in [0.5, 0.6) is 0 Å². The van der Waals surface area contributed by atoms with Crippen molar-refractivity contribution in [3.63, 3.8) is 0 Å². The molecule has 0 radical (unpaired) electrons. The van der Waals surface area contributed by atoms with Crippen LogP contribution in [0.15, 0.2) is 30.3 Å². The lowest BCUT2D eigenvalue weighted by Gasteiger charge is -2.09. The standard InChI is InChI=1S/C9H13BO3/c1-8(11)7-13-10(12)9-5-3-2-4-6-9/h2-6,8,11-12H,7H2,1H3. The predicted molar refractivity (Wildman–Crippen MR) is 51.7 cm³/mol. The summed E-state index contributed by atoms with van der Waals surface area (Å²) in [5, 5.41) is 18.3. The number of hydrogen-bond donors (Lipinski definition) is 2. The van der Waals surface area contributed by atoms with E-state index in [1.807, 2.05) is 18.2 Å². The maximum Gasteiger partial charge on any atom is 0.491 e. The van der Waals surface area contributed by atoms with E-state index in [9.17, 15) is 5.02 Å². The van der Waals surface area contributed by atoms with E-state index in [-0.39, 0.29) is 6.61 Å². The highest BCUT2D eigenvalue weighted by Crippen LogP contribution is 1.89. The molecule has 3 nitrogen and oxygen atoms in total. The fourth-order valence-corrected chi connectivity index (χ4v) is 0.944. The first-order valence-electron chi connectivity index (χ1n) is 4.23. The monoisotopic (exact) mass is 180 g/mol. The number of rotatable bonds is 4. The quantitative estimate of drug-likeness (QED) is 0.629. The Balaban J connectivity index is 2.44. The van der Waals surface area contributed by atoms with Gasteiger partial charge in [0, 0.05) is 0 Å². The molecule has 0 aliphatic carbocycles.